The first kappa shape index (κ1) is 13.4. The molecule has 1 amide bonds. The van der Waals surface area contributed by atoms with Crippen molar-refractivity contribution in [1.29, 1.82) is 0 Å². The van der Waals surface area contributed by atoms with Crippen LogP contribution in [0.1, 0.15) is 6.92 Å². The summed E-state index contributed by atoms with van der Waals surface area (Å²) in [6.07, 6.45) is 0. The average molecular weight is 228 g/mol. The Labute approximate surface area is 98.0 Å². The first-order valence-electron chi connectivity index (χ1n) is 5.91. The highest BCUT2D eigenvalue weighted by Crippen LogP contribution is 2.05. The smallest absolute Gasteiger partial charge is 0.224 e. The fraction of sp³-hybridized carbons (Fsp3) is 0.909. The number of amides is 1. The lowest BCUT2D eigenvalue weighted by Crippen LogP contribution is -2.54. The van der Waals surface area contributed by atoms with Crippen molar-refractivity contribution in [2.45, 2.75) is 13.0 Å². The van der Waals surface area contributed by atoms with Crippen LogP contribution < -0.4 is 11.1 Å². The summed E-state index contributed by atoms with van der Waals surface area (Å²) in [4.78, 5) is 16.2. The number of likely N-dealkylation sites (N-methyl/N-ethyl adjacent to an activating group) is 2. The lowest BCUT2D eigenvalue weighted by Gasteiger charge is -2.37. The zero-order chi connectivity index (χ0) is 12.1. The van der Waals surface area contributed by atoms with Gasteiger partial charge < -0.3 is 16.0 Å². The third-order valence-electron chi connectivity index (χ3n) is 3.29. The maximum absolute atomic E-state index is 11.6. The Morgan fingerprint density at radius 3 is 2.81 bits per heavy atom. The number of rotatable bonds is 4. The summed E-state index contributed by atoms with van der Waals surface area (Å²) in [5, 5.41) is 2.97. The zero-order valence-electron chi connectivity index (χ0n) is 10.6. The molecule has 3 N–H and O–H groups in total. The number of carbonyl (C=O) groups is 1. The van der Waals surface area contributed by atoms with Crippen molar-refractivity contribution in [2.24, 2.45) is 11.7 Å². The maximum atomic E-state index is 11.6. The Kier molecular flexibility index (Phi) is 5.18. The highest BCUT2D eigenvalue weighted by molar-refractivity contribution is 5.78. The molecule has 5 nitrogen and oxygen atoms in total. The Bertz CT molecular complexity index is 234. The molecular formula is C11H24N4O. The van der Waals surface area contributed by atoms with Crippen molar-refractivity contribution in [1.82, 2.24) is 15.1 Å². The van der Waals surface area contributed by atoms with E-state index in [1.165, 1.54) is 0 Å². The van der Waals surface area contributed by atoms with Crippen LogP contribution in [-0.4, -0.2) is 68.6 Å². The van der Waals surface area contributed by atoms with Gasteiger partial charge in [0.05, 0.1) is 0 Å². The van der Waals surface area contributed by atoms with Gasteiger partial charge in [-0.15, -0.1) is 0 Å². The van der Waals surface area contributed by atoms with Gasteiger partial charge in [-0.1, -0.05) is 6.92 Å². The van der Waals surface area contributed by atoms with Gasteiger partial charge in [-0.3, -0.25) is 9.69 Å². The maximum Gasteiger partial charge on any atom is 0.224 e. The van der Waals surface area contributed by atoms with Gasteiger partial charge in [0.2, 0.25) is 5.91 Å². The second-order valence-corrected chi connectivity index (χ2v) is 4.78. The van der Waals surface area contributed by atoms with Crippen LogP contribution in [0.25, 0.3) is 0 Å². The minimum atomic E-state index is -0.0911. The van der Waals surface area contributed by atoms with E-state index in [4.69, 9.17) is 5.73 Å². The van der Waals surface area contributed by atoms with Gasteiger partial charge in [0.25, 0.3) is 0 Å². The number of nitrogens with one attached hydrogen (secondary N) is 1. The predicted molar refractivity (Wildman–Crippen MR) is 65.1 cm³/mol. The third-order valence-corrected chi connectivity index (χ3v) is 3.29. The molecule has 0 aromatic carbocycles. The Hall–Kier alpha value is -0.650. The SMILES string of the molecule is CC(CN)C(=O)NCC1CN(C)CCN1C. The summed E-state index contributed by atoms with van der Waals surface area (Å²) in [5.41, 5.74) is 5.45. The van der Waals surface area contributed by atoms with Crippen LogP contribution in [0.3, 0.4) is 0 Å². The highest BCUT2D eigenvalue weighted by Gasteiger charge is 2.22. The van der Waals surface area contributed by atoms with Crippen LogP contribution in [0.4, 0.5) is 0 Å². The molecule has 1 aliphatic rings. The monoisotopic (exact) mass is 228 g/mol. The Morgan fingerprint density at radius 2 is 2.19 bits per heavy atom. The molecule has 94 valence electrons. The van der Waals surface area contributed by atoms with E-state index in [1.54, 1.807) is 0 Å². The minimum Gasteiger partial charge on any atom is -0.354 e. The molecule has 16 heavy (non-hydrogen) atoms. The first-order valence-corrected chi connectivity index (χ1v) is 5.91. The minimum absolute atomic E-state index is 0.0594. The van der Waals surface area contributed by atoms with Crippen molar-refractivity contribution >= 4 is 5.91 Å². The summed E-state index contributed by atoms with van der Waals surface area (Å²) in [5.74, 6) is -0.0317. The number of piperazine rings is 1. The van der Waals surface area contributed by atoms with E-state index < -0.39 is 0 Å². The van der Waals surface area contributed by atoms with Gasteiger partial charge in [0.15, 0.2) is 0 Å². The molecule has 1 aliphatic heterocycles. The highest BCUT2D eigenvalue weighted by atomic mass is 16.1. The molecule has 0 spiro atoms. The third kappa shape index (κ3) is 3.73. The van der Waals surface area contributed by atoms with Gasteiger partial charge in [0.1, 0.15) is 0 Å². The van der Waals surface area contributed by atoms with Crippen LogP contribution in [-0.2, 0) is 4.79 Å². The molecule has 0 aromatic rings. The van der Waals surface area contributed by atoms with Gasteiger partial charge in [-0.2, -0.15) is 0 Å². The predicted octanol–water partition coefficient (Wildman–Crippen LogP) is -1.06. The van der Waals surface area contributed by atoms with Crippen LogP contribution in [0.2, 0.25) is 0 Å². The average Bonchev–Trinajstić information content (AvgIpc) is 2.28. The fourth-order valence-electron chi connectivity index (χ4n) is 1.82. The lowest BCUT2D eigenvalue weighted by atomic mass is 10.1. The van der Waals surface area contributed by atoms with Crippen LogP contribution in [0.15, 0.2) is 0 Å². The molecule has 1 heterocycles. The molecule has 1 saturated heterocycles. The summed E-state index contributed by atoms with van der Waals surface area (Å²) in [6.45, 7) is 6.14. The van der Waals surface area contributed by atoms with E-state index >= 15 is 0 Å². The van der Waals surface area contributed by atoms with Crippen molar-refractivity contribution in [3.05, 3.63) is 0 Å². The number of hydrogen-bond donors (Lipinski definition) is 2. The Morgan fingerprint density at radius 1 is 1.50 bits per heavy atom. The summed E-state index contributed by atoms with van der Waals surface area (Å²) < 4.78 is 0. The number of carbonyl (C=O) groups excluding carboxylic acids is 1. The summed E-state index contributed by atoms with van der Waals surface area (Å²) in [7, 11) is 4.22. The molecule has 1 fully saturated rings. The van der Waals surface area contributed by atoms with Crippen LogP contribution >= 0.6 is 0 Å². The molecule has 0 aliphatic carbocycles. The van der Waals surface area contributed by atoms with Gasteiger partial charge in [-0.25, -0.2) is 0 Å². The first-order chi connectivity index (χ1) is 7.54. The standard InChI is InChI=1S/C11H24N4O/c1-9(6-12)11(16)13-7-10-8-14(2)4-5-15(10)3/h9-10H,4-8,12H2,1-3H3,(H,13,16). The quantitative estimate of drug-likeness (QED) is 0.644. The van der Waals surface area contributed by atoms with Crippen LogP contribution in [0.5, 0.6) is 0 Å². The van der Waals surface area contributed by atoms with Gasteiger partial charge in [-0.05, 0) is 14.1 Å². The van der Waals surface area contributed by atoms with Gasteiger partial charge >= 0.3 is 0 Å². The second kappa shape index (κ2) is 6.18. The molecule has 0 bridgehead atoms. The van der Waals surface area contributed by atoms with E-state index in [2.05, 4.69) is 29.2 Å². The van der Waals surface area contributed by atoms with E-state index in [-0.39, 0.29) is 11.8 Å². The summed E-state index contributed by atoms with van der Waals surface area (Å²) >= 11 is 0. The van der Waals surface area contributed by atoms with E-state index in [1.807, 2.05) is 6.92 Å². The Balaban J connectivity index is 2.33. The number of hydrogen-bond acceptors (Lipinski definition) is 4. The van der Waals surface area contributed by atoms with Crippen molar-refractivity contribution in [3.63, 3.8) is 0 Å². The topological polar surface area (TPSA) is 61.6 Å². The molecule has 0 saturated carbocycles. The molecular weight excluding hydrogens is 204 g/mol. The molecule has 0 aromatic heterocycles. The second-order valence-electron chi connectivity index (χ2n) is 4.78. The van der Waals surface area contributed by atoms with Crippen molar-refractivity contribution < 1.29 is 4.79 Å². The fourth-order valence-corrected chi connectivity index (χ4v) is 1.82. The van der Waals surface area contributed by atoms with Gasteiger partial charge in [0, 0.05) is 44.7 Å². The largest absolute Gasteiger partial charge is 0.354 e. The van der Waals surface area contributed by atoms with Crippen molar-refractivity contribution in [2.75, 3.05) is 46.8 Å². The normalized spacial score (nSPS) is 25.4. The van der Waals surface area contributed by atoms with E-state index in [0.29, 0.717) is 19.1 Å². The molecule has 1 rings (SSSR count). The molecule has 2 unspecified atom stereocenters. The van der Waals surface area contributed by atoms with Crippen molar-refractivity contribution in [3.8, 4) is 0 Å². The number of nitrogens with zero attached hydrogens (tertiary/aromatic N) is 2. The molecule has 0 radical (unpaired) electrons. The zero-order valence-corrected chi connectivity index (χ0v) is 10.6. The molecule has 5 heteroatoms. The summed E-state index contributed by atoms with van der Waals surface area (Å²) in [6, 6.07) is 0.410. The number of nitrogens with two attached hydrogens (primary N) is 1. The lowest BCUT2D eigenvalue weighted by molar-refractivity contribution is -0.124. The van der Waals surface area contributed by atoms with E-state index in [9.17, 15) is 4.79 Å². The van der Waals surface area contributed by atoms with Crippen LogP contribution in [0, 0.1) is 5.92 Å². The van der Waals surface area contributed by atoms with E-state index in [0.717, 1.165) is 19.6 Å². The molecule has 2 atom stereocenters.